The highest BCUT2D eigenvalue weighted by Gasteiger charge is 2.22. The lowest BCUT2D eigenvalue weighted by molar-refractivity contribution is -0.385. The minimum Gasteiger partial charge on any atom is -0.493 e. The van der Waals surface area contributed by atoms with E-state index in [9.17, 15) is 25.3 Å². The molecule has 1 N–H and O–H groups in total. The highest BCUT2D eigenvalue weighted by Crippen LogP contribution is 2.36. The van der Waals surface area contributed by atoms with Crippen molar-refractivity contribution in [2.45, 2.75) is 12.5 Å². The molecule has 0 amide bonds. The molecule has 3 aromatic rings. The van der Waals surface area contributed by atoms with Crippen LogP contribution in [0.1, 0.15) is 17.2 Å². The van der Waals surface area contributed by atoms with Crippen LogP contribution < -0.4 is 9.47 Å². The van der Waals surface area contributed by atoms with Gasteiger partial charge in [0.2, 0.25) is 0 Å². The van der Waals surface area contributed by atoms with Crippen LogP contribution in [-0.2, 0) is 6.42 Å². The molecule has 1 atom stereocenters. The number of nitro benzene ring substituents is 2. The third-order valence-corrected chi connectivity index (χ3v) is 4.88. The number of aliphatic hydroxyl groups is 1. The summed E-state index contributed by atoms with van der Waals surface area (Å²) in [6.45, 7) is 0. The molecule has 0 aliphatic carbocycles. The van der Waals surface area contributed by atoms with Crippen molar-refractivity contribution < 1.29 is 24.4 Å². The summed E-state index contributed by atoms with van der Waals surface area (Å²) in [6.07, 6.45) is -1.01. The Morgan fingerprint density at radius 3 is 2.10 bits per heavy atom. The van der Waals surface area contributed by atoms with E-state index in [2.05, 4.69) is 0 Å². The van der Waals surface area contributed by atoms with Crippen molar-refractivity contribution >= 4 is 11.4 Å². The Bertz CT molecular complexity index is 1110. The molecule has 0 aliphatic heterocycles. The molecule has 160 valence electrons. The third kappa shape index (κ3) is 4.78. The predicted molar refractivity (Wildman–Crippen MR) is 113 cm³/mol. The van der Waals surface area contributed by atoms with Gasteiger partial charge in [0.15, 0.2) is 11.5 Å². The quantitative estimate of drug-likeness (QED) is 0.418. The van der Waals surface area contributed by atoms with Gasteiger partial charge in [0.25, 0.3) is 11.4 Å². The smallest absolute Gasteiger partial charge is 0.276 e. The lowest BCUT2D eigenvalue weighted by Gasteiger charge is -2.14. The zero-order valence-electron chi connectivity index (χ0n) is 16.8. The van der Waals surface area contributed by atoms with E-state index in [1.54, 1.807) is 36.4 Å². The first-order valence-electron chi connectivity index (χ1n) is 9.26. The first kappa shape index (κ1) is 21.7. The van der Waals surface area contributed by atoms with Crippen LogP contribution in [0.25, 0.3) is 11.1 Å². The molecule has 3 aromatic carbocycles. The van der Waals surface area contributed by atoms with E-state index in [1.165, 1.54) is 38.5 Å². The maximum absolute atomic E-state index is 11.5. The lowest BCUT2D eigenvalue weighted by atomic mass is 9.97. The van der Waals surface area contributed by atoms with E-state index in [0.717, 1.165) is 5.56 Å². The monoisotopic (exact) mass is 424 g/mol. The van der Waals surface area contributed by atoms with Crippen molar-refractivity contribution in [3.05, 3.63) is 92.0 Å². The molecule has 0 aromatic heterocycles. The molecule has 0 saturated carbocycles. The van der Waals surface area contributed by atoms with Gasteiger partial charge in [-0.25, -0.2) is 0 Å². The Morgan fingerprint density at radius 1 is 0.871 bits per heavy atom. The average Bonchev–Trinajstić information content (AvgIpc) is 2.78. The maximum atomic E-state index is 11.5. The number of ether oxygens (including phenoxy) is 2. The fourth-order valence-corrected chi connectivity index (χ4v) is 3.27. The summed E-state index contributed by atoms with van der Waals surface area (Å²) in [7, 11) is 2.82. The van der Waals surface area contributed by atoms with Gasteiger partial charge in [-0.05, 0) is 22.8 Å². The second-order valence-corrected chi connectivity index (χ2v) is 6.74. The van der Waals surface area contributed by atoms with Crippen molar-refractivity contribution in [2.24, 2.45) is 0 Å². The summed E-state index contributed by atoms with van der Waals surface area (Å²) in [5.41, 5.74) is 2.09. The molecule has 1 unspecified atom stereocenters. The molecule has 0 bridgehead atoms. The topological polar surface area (TPSA) is 125 Å². The van der Waals surface area contributed by atoms with E-state index >= 15 is 0 Å². The van der Waals surface area contributed by atoms with E-state index < -0.39 is 16.0 Å². The van der Waals surface area contributed by atoms with E-state index in [1.807, 2.05) is 0 Å². The van der Waals surface area contributed by atoms with Crippen LogP contribution >= 0.6 is 0 Å². The predicted octanol–water partition coefficient (Wildman–Crippen LogP) is 4.46. The number of hydrogen-bond donors (Lipinski definition) is 1. The Morgan fingerprint density at radius 2 is 1.52 bits per heavy atom. The van der Waals surface area contributed by atoms with Crippen molar-refractivity contribution in [3.63, 3.8) is 0 Å². The van der Waals surface area contributed by atoms with Gasteiger partial charge in [-0.1, -0.05) is 36.4 Å². The van der Waals surface area contributed by atoms with Crippen molar-refractivity contribution in [2.75, 3.05) is 14.2 Å². The van der Waals surface area contributed by atoms with Crippen LogP contribution in [0, 0.1) is 20.2 Å². The zero-order chi connectivity index (χ0) is 22.5. The average molecular weight is 424 g/mol. The number of methoxy groups -OCH3 is 2. The summed E-state index contributed by atoms with van der Waals surface area (Å²) in [5, 5.41) is 33.1. The summed E-state index contributed by atoms with van der Waals surface area (Å²) >= 11 is 0. The summed E-state index contributed by atoms with van der Waals surface area (Å²) < 4.78 is 10.3. The molecule has 0 saturated heterocycles. The van der Waals surface area contributed by atoms with Gasteiger partial charge in [0.1, 0.15) is 0 Å². The van der Waals surface area contributed by atoms with Crippen molar-refractivity contribution in [3.8, 4) is 22.6 Å². The standard InChI is InChI=1S/C22H20N2O7/c1-30-21-12-17(19(24(28)29)13-22(21)31-2)11-20(25)15-8-6-14(7-9-15)16-4-3-5-18(10-16)23(26)27/h3-10,12-13,20,25H,11H2,1-2H3. The van der Waals surface area contributed by atoms with Crippen LogP contribution in [-0.4, -0.2) is 29.2 Å². The van der Waals surface area contributed by atoms with E-state index in [4.69, 9.17) is 9.47 Å². The minimum absolute atomic E-state index is 0.00712. The SMILES string of the molecule is COc1cc(CC(O)c2ccc(-c3cccc([N+](=O)[O-])c3)cc2)c([N+](=O)[O-])cc1OC. The molecule has 9 nitrogen and oxygen atoms in total. The highest BCUT2D eigenvalue weighted by atomic mass is 16.6. The van der Waals surface area contributed by atoms with Crippen LogP contribution in [0.2, 0.25) is 0 Å². The van der Waals surface area contributed by atoms with E-state index in [-0.39, 0.29) is 23.5 Å². The normalized spacial score (nSPS) is 11.6. The molecule has 0 aliphatic rings. The Kier molecular flexibility index (Phi) is 6.46. The number of aliphatic hydroxyl groups excluding tert-OH is 1. The molecule has 0 radical (unpaired) electrons. The zero-order valence-corrected chi connectivity index (χ0v) is 16.8. The Hall–Kier alpha value is -3.98. The first-order valence-corrected chi connectivity index (χ1v) is 9.26. The summed E-state index contributed by atoms with van der Waals surface area (Å²) in [5.74, 6) is 0.560. The molecular formula is C22H20N2O7. The van der Waals surface area contributed by atoms with Crippen LogP contribution in [0.4, 0.5) is 11.4 Å². The number of hydrogen-bond acceptors (Lipinski definition) is 7. The minimum atomic E-state index is -1.00. The molecule has 0 spiro atoms. The molecule has 0 fully saturated rings. The largest absolute Gasteiger partial charge is 0.493 e. The summed E-state index contributed by atoms with van der Waals surface area (Å²) in [4.78, 5) is 21.4. The van der Waals surface area contributed by atoms with Gasteiger partial charge in [-0.15, -0.1) is 0 Å². The van der Waals surface area contributed by atoms with E-state index in [0.29, 0.717) is 22.4 Å². The van der Waals surface area contributed by atoms with Crippen molar-refractivity contribution in [1.82, 2.24) is 0 Å². The van der Waals surface area contributed by atoms with Gasteiger partial charge in [-0.2, -0.15) is 0 Å². The molecule has 31 heavy (non-hydrogen) atoms. The second-order valence-electron chi connectivity index (χ2n) is 6.74. The van der Waals surface area contributed by atoms with Crippen molar-refractivity contribution in [1.29, 1.82) is 0 Å². The fourth-order valence-electron chi connectivity index (χ4n) is 3.27. The van der Waals surface area contributed by atoms with Gasteiger partial charge in [-0.3, -0.25) is 20.2 Å². The molecule has 0 heterocycles. The number of benzene rings is 3. The fraction of sp³-hybridized carbons (Fsp3) is 0.182. The second kappa shape index (κ2) is 9.23. The summed E-state index contributed by atoms with van der Waals surface area (Å²) in [6, 6.07) is 15.8. The first-order chi connectivity index (χ1) is 14.8. The molecule has 9 heteroatoms. The maximum Gasteiger partial charge on any atom is 0.276 e. The van der Waals surface area contributed by atoms with Gasteiger partial charge in [0.05, 0.1) is 36.2 Å². The van der Waals surface area contributed by atoms with Gasteiger partial charge >= 0.3 is 0 Å². The highest BCUT2D eigenvalue weighted by molar-refractivity contribution is 5.66. The lowest BCUT2D eigenvalue weighted by Crippen LogP contribution is -2.06. The van der Waals surface area contributed by atoms with Gasteiger partial charge < -0.3 is 14.6 Å². The number of rotatable bonds is 8. The Labute approximate surface area is 177 Å². The number of nitrogens with zero attached hydrogens (tertiary/aromatic N) is 2. The van der Waals surface area contributed by atoms with Crippen LogP contribution in [0.15, 0.2) is 60.7 Å². The third-order valence-electron chi connectivity index (χ3n) is 4.88. The van der Waals surface area contributed by atoms with Gasteiger partial charge in [0, 0.05) is 24.1 Å². The Balaban J connectivity index is 1.86. The number of nitro groups is 2. The molecular weight excluding hydrogens is 404 g/mol. The van der Waals surface area contributed by atoms with Crippen LogP contribution in [0.3, 0.4) is 0 Å². The molecule has 3 rings (SSSR count). The van der Waals surface area contributed by atoms with Crippen LogP contribution in [0.5, 0.6) is 11.5 Å². The number of non-ortho nitro benzene ring substituents is 1.